The molecular formula is C11H14N2O2. The summed E-state index contributed by atoms with van der Waals surface area (Å²) in [5, 5.41) is 18.0. The van der Waals surface area contributed by atoms with E-state index in [1.165, 1.54) is 6.07 Å². The van der Waals surface area contributed by atoms with Crippen molar-refractivity contribution in [2.45, 2.75) is 19.4 Å². The summed E-state index contributed by atoms with van der Waals surface area (Å²) in [6.07, 6.45) is 0.0217. The van der Waals surface area contributed by atoms with Crippen molar-refractivity contribution in [3.63, 3.8) is 0 Å². The predicted molar refractivity (Wildman–Crippen MR) is 57.3 cm³/mol. The van der Waals surface area contributed by atoms with E-state index in [1.54, 1.807) is 12.1 Å². The highest BCUT2D eigenvalue weighted by Gasteiger charge is 2.08. The third-order valence-electron chi connectivity index (χ3n) is 2.02. The van der Waals surface area contributed by atoms with Crippen molar-refractivity contribution in [2.24, 2.45) is 0 Å². The zero-order valence-electron chi connectivity index (χ0n) is 8.60. The fourth-order valence-electron chi connectivity index (χ4n) is 1.29. The molecule has 4 heteroatoms. The van der Waals surface area contributed by atoms with E-state index >= 15 is 0 Å². The molecule has 15 heavy (non-hydrogen) atoms. The van der Waals surface area contributed by atoms with E-state index in [0.717, 1.165) is 5.56 Å². The van der Waals surface area contributed by atoms with Crippen LogP contribution in [0.3, 0.4) is 0 Å². The van der Waals surface area contributed by atoms with Crippen LogP contribution in [0.25, 0.3) is 0 Å². The lowest BCUT2D eigenvalue weighted by Gasteiger charge is -2.09. The van der Waals surface area contributed by atoms with Crippen LogP contribution in [0.5, 0.6) is 5.75 Å². The topological polar surface area (TPSA) is 79.3 Å². The molecule has 0 aliphatic rings. The number of phenols is 1. The van der Waals surface area contributed by atoms with E-state index in [4.69, 9.17) is 15.7 Å². The van der Waals surface area contributed by atoms with Crippen LogP contribution in [0.2, 0.25) is 0 Å². The maximum atomic E-state index is 9.22. The second-order valence-corrected chi connectivity index (χ2v) is 3.17. The Hall–Kier alpha value is -1.73. The minimum atomic E-state index is -0.459. The lowest BCUT2D eigenvalue weighted by molar-refractivity contribution is 0.102. The van der Waals surface area contributed by atoms with Crippen molar-refractivity contribution >= 4 is 5.69 Å². The summed E-state index contributed by atoms with van der Waals surface area (Å²) in [5.41, 5.74) is 6.74. The number of ether oxygens (including phenoxy) is 1. The third kappa shape index (κ3) is 3.15. The van der Waals surface area contributed by atoms with Crippen LogP contribution in [0.15, 0.2) is 18.2 Å². The van der Waals surface area contributed by atoms with Crippen LogP contribution >= 0.6 is 0 Å². The van der Waals surface area contributed by atoms with Crippen LogP contribution in [-0.2, 0) is 11.2 Å². The van der Waals surface area contributed by atoms with Crippen LogP contribution in [0, 0.1) is 11.3 Å². The lowest BCUT2D eigenvalue weighted by atomic mass is 10.1. The molecule has 0 aliphatic carbocycles. The zero-order chi connectivity index (χ0) is 11.3. The van der Waals surface area contributed by atoms with Crippen molar-refractivity contribution in [1.82, 2.24) is 0 Å². The van der Waals surface area contributed by atoms with E-state index in [0.29, 0.717) is 18.7 Å². The van der Waals surface area contributed by atoms with E-state index < -0.39 is 6.10 Å². The first-order chi connectivity index (χ1) is 7.17. The summed E-state index contributed by atoms with van der Waals surface area (Å²) in [6, 6.07) is 6.96. The summed E-state index contributed by atoms with van der Waals surface area (Å²) in [4.78, 5) is 0. The summed E-state index contributed by atoms with van der Waals surface area (Å²) in [7, 11) is 0. The Morgan fingerprint density at radius 2 is 2.33 bits per heavy atom. The Labute approximate surface area is 88.9 Å². The van der Waals surface area contributed by atoms with Gasteiger partial charge in [-0.1, -0.05) is 6.07 Å². The number of aromatic hydroxyl groups is 1. The molecule has 0 heterocycles. The zero-order valence-corrected chi connectivity index (χ0v) is 8.60. The molecule has 0 saturated carbocycles. The molecule has 80 valence electrons. The van der Waals surface area contributed by atoms with Crippen LogP contribution in [0.4, 0.5) is 5.69 Å². The van der Waals surface area contributed by atoms with Gasteiger partial charge in [-0.05, 0) is 24.6 Å². The van der Waals surface area contributed by atoms with Gasteiger partial charge in [-0.2, -0.15) is 5.26 Å². The number of phenolic OH excluding ortho intramolecular Hbond substituents is 1. The number of hydrogen-bond donors (Lipinski definition) is 2. The first-order valence-corrected chi connectivity index (χ1v) is 4.76. The molecule has 0 fully saturated rings. The number of nitrogens with zero attached hydrogens (tertiary/aromatic N) is 1. The van der Waals surface area contributed by atoms with Gasteiger partial charge in [0, 0.05) is 13.0 Å². The van der Waals surface area contributed by atoms with Gasteiger partial charge in [0.15, 0.2) is 0 Å². The van der Waals surface area contributed by atoms with Gasteiger partial charge >= 0.3 is 0 Å². The average molecular weight is 206 g/mol. The van der Waals surface area contributed by atoms with Crippen LogP contribution < -0.4 is 5.73 Å². The van der Waals surface area contributed by atoms with Crippen molar-refractivity contribution in [3.8, 4) is 11.8 Å². The van der Waals surface area contributed by atoms with Gasteiger partial charge in [-0.15, -0.1) is 0 Å². The molecule has 1 rings (SSSR count). The highest BCUT2D eigenvalue weighted by atomic mass is 16.5. The number of benzene rings is 1. The molecule has 1 atom stereocenters. The van der Waals surface area contributed by atoms with Gasteiger partial charge in [-0.3, -0.25) is 0 Å². The Balaban J connectivity index is 2.72. The predicted octanol–water partition coefficient (Wildman–Crippen LogP) is 1.45. The number of nitrogen functional groups attached to an aromatic ring is 1. The third-order valence-corrected chi connectivity index (χ3v) is 2.02. The van der Waals surface area contributed by atoms with Crippen molar-refractivity contribution in [3.05, 3.63) is 23.8 Å². The SMILES string of the molecule is CCOC(C#N)Cc1ccc(O)c(N)c1. The Morgan fingerprint density at radius 3 is 2.87 bits per heavy atom. The molecule has 1 aromatic rings. The van der Waals surface area contributed by atoms with Crippen molar-refractivity contribution in [1.29, 1.82) is 5.26 Å². The first kappa shape index (κ1) is 11.3. The lowest BCUT2D eigenvalue weighted by Crippen LogP contribution is -2.13. The Kier molecular flexibility index (Phi) is 3.95. The molecule has 1 aromatic carbocycles. The normalized spacial score (nSPS) is 12.0. The van der Waals surface area contributed by atoms with Gasteiger partial charge in [0.2, 0.25) is 0 Å². The quantitative estimate of drug-likeness (QED) is 0.577. The number of rotatable bonds is 4. The monoisotopic (exact) mass is 206 g/mol. The molecule has 0 amide bonds. The van der Waals surface area contributed by atoms with Gasteiger partial charge in [0.25, 0.3) is 0 Å². The van der Waals surface area contributed by atoms with Gasteiger partial charge in [-0.25, -0.2) is 0 Å². The number of anilines is 1. The number of nitrogens with two attached hydrogens (primary N) is 1. The maximum Gasteiger partial charge on any atom is 0.147 e. The Bertz CT molecular complexity index is 371. The number of hydrogen-bond acceptors (Lipinski definition) is 4. The molecule has 0 saturated heterocycles. The minimum Gasteiger partial charge on any atom is -0.506 e. The second-order valence-electron chi connectivity index (χ2n) is 3.17. The van der Waals surface area contributed by atoms with Gasteiger partial charge < -0.3 is 15.6 Å². The fraction of sp³-hybridized carbons (Fsp3) is 0.364. The van der Waals surface area contributed by atoms with E-state index in [9.17, 15) is 5.11 Å². The molecule has 0 bridgehead atoms. The summed E-state index contributed by atoms with van der Waals surface area (Å²) >= 11 is 0. The molecule has 0 radical (unpaired) electrons. The second kappa shape index (κ2) is 5.23. The molecule has 3 N–H and O–H groups in total. The molecule has 0 aliphatic heterocycles. The summed E-state index contributed by atoms with van der Waals surface area (Å²) in [6.45, 7) is 2.35. The van der Waals surface area contributed by atoms with Crippen molar-refractivity contribution < 1.29 is 9.84 Å². The van der Waals surface area contributed by atoms with Gasteiger partial charge in [0.1, 0.15) is 11.9 Å². The van der Waals surface area contributed by atoms with Crippen LogP contribution in [0.1, 0.15) is 12.5 Å². The largest absolute Gasteiger partial charge is 0.506 e. The minimum absolute atomic E-state index is 0.0590. The highest BCUT2D eigenvalue weighted by Crippen LogP contribution is 2.21. The maximum absolute atomic E-state index is 9.22. The average Bonchev–Trinajstić information content (AvgIpc) is 2.23. The molecule has 1 unspecified atom stereocenters. The first-order valence-electron chi connectivity index (χ1n) is 4.76. The van der Waals surface area contributed by atoms with E-state index in [1.807, 2.05) is 6.92 Å². The fourth-order valence-corrected chi connectivity index (χ4v) is 1.29. The summed E-state index contributed by atoms with van der Waals surface area (Å²) in [5.74, 6) is 0.0590. The standard InChI is InChI=1S/C11H14N2O2/c1-2-15-9(7-12)5-8-3-4-11(14)10(13)6-8/h3-4,6,9,14H,2,5,13H2,1H3. The smallest absolute Gasteiger partial charge is 0.147 e. The number of nitriles is 1. The molecule has 4 nitrogen and oxygen atoms in total. The molecule has 0 aromatic heterocycles. The molecular weight excluding hydrogens is 192 g/mol. The summed E-state index contributed by atoms with van der Waals surface area (Å²) < 4.78 is 5.20. The highest BCUT2D eigenvalue weighted by molar-refractivity contribution is 5.53. The molecule has 0 spiro atoms. The van der Waals surface area contributed by atoms with Crippen molar-refractivity contribution in [2.75, 3.05) is 12.3 Å². The van der Waals surface area contributed by atoms with E-state index in [-0.39, 0.29) is 5.75 Å². The Morgan fingerprint density at radius 1 is 1.60 bits per heavy atom. The van der Waals surface area contributed by atoms with Crippen LogP contribution in [-0.4, -0.2) is 17.8 Å². The van der Waals surface area contributed by atoms with Gasteiger partial charge in [0.05, 0.1) is 11.8 Å². The van der Waals surface area contributed by atoms with E-state index in [2.05, 4.69) is 6.07 Å².